The summed E-state index contributed by atoms with van der Waals surface area (Å²) >= 11 is 0. The second kappa shape index (κ2) is 18.1. The van der Waals surface area contributed by atoms with Gasteiger partial charge in [-0.1, -0.05) is 201 Å². The third kappa shape index (κ3) is 8.71. The zero-order valence-electron chi connectivity index (χ0n) is 48.4. The summed E-state index contributed by atoms with van der Waals surface area (Å²) < 4.78 is 76.0. The van der Waals surface area contributed by atoms with Gasteiger partial charge in [0.1, 0.15) is 17.3 Å². The molecule has 0 bridgehead atoms. The lowest BCUT2D eigenvalue weighted by molar-refractivity contribution is -0.571. The first kappa shape index (κ1) is 37.8. The SMILES string of the molecule is [2H]c1c([2H])c([2H])c(-c2cccc(-c3cc(C(C)(C)C)cc(C(C)(C)C)c3)c2-[n+]2[c-]n(-c3cccc(Oc4ccc5c6ccccc6n(-c6cc(C([2H])([2H])C(C)C)c(-c7ccccc7)cn6)c5c4)c3)c3ccccc32)c([2H])c1[2H]. The highest BCUT2D eigenvalue weighted by Crippen LogP contribution is 2.40. The molecule has 350 valence electrons. The Bertz CT molecular complexity index is 4100. The number of fused-ring (bicyclic) bond motifs is 4. The molecule has 3 heterocycles. The van der Waals surface area contributed by atoms with Crippen molar-refractivity contribution in [2.45, 2.75) is 72.6 Å². The predicted molar refractivity (Wildman–Crippen MR) is 295 cm³/mol. The van der Waals surface area contributed by atoms with Crippen LogP contribution in [0.4, 0.5) is 0 Å². The lowest BCUT2D eigenvalue weighted by Crippen LogP contribution is -2.31. The Balaban J connectivity index is 1.06. The Hall–Kier alpha value is -8.02. The molecule has 0 radical (unpaired) electrons. The van der Waals surface area contributed by atoms with E-state index in [-0.39, 0.29) is 34.4 Å². The Morgan fingerprint density at radius 1 is 0.592 bits per heavy atom. The van der Waals surface area contributed by atoms with Crippen molar-refractivity contribution in [3.05, 3.63) is 223 Å². The zero-order valence-corrected chi connectivity index (χ0v) is 41.4. The van der Waals surface area contributed by atoms with Gasteiger partial charge in [-0.05, 0) is 110 Å². The predicted octanol–water partition coefficient (Wildman–Crippen LogP) is 16.8. The van der Waals surface area contributed by atoms with Gasteiger partial charge < -0.3 is 4.74 Å². The molecule has 8 aromatic carbocycles. The van der Waals surface area contributed by atoms with E-state index in [9.17, 15) is 5.48 Å². The maximum atomic E-state index is 9.34. The molecule has 0 fully saturated rings. The van der Waals surface area contributed by atoms with Crippen LogP contribution in [0.1, 0.15) is 81.7 Å². The van der Waals surface area contributed by atoms with Crippen LogP contribution < -0.4 is 9.30 Å². The second-order valence-corrected chi connectivity index (χ2v) is 20.6. The number of para-hydroxylation sites is 4. The van der Waals surface area contributed by atoms with Crippen molar-refractivity contribution >= 4 is 32.8 Å². The molecule has 11 rings (SSSR count). The second-order valence-electron chi connectivity index (χ2n) is 20.6. The maximum absolute atomic E-state index is 9.34. The number of imidazole rings is 1. The van der Waals surface area contributed by atoms with E-state index in [0.29, 0.717) is 34.1 Å². The molecule has 0 unspecified atom stereocenters. The highest BCUT2D eigenvalue weighted by molar-refractivity contribution is 6.09. The quantitative estimate of drug-likeness (QED) is 0.101. The van der Waals surface area contributed by atoms with Gasteiger partial charge in [-0.2, -0.15) is 0 Å². The fourth-order valence-electron chi connectivity index (χ4n) is 9.60. The van der Waals surface area contributed by atoms with Crippen molar-refractivity contribution in [1.82, 2.24) is 14.1 Å². The summed E-state index contributed by atoms with van der Waals surface area (Å²) in [5.74, 6) is 1.44. The molecule has 0 aliphatic heterocycles. The van der Waals surface area contributed by atoms with E-state index in [0.717, 1.165) is 71.9 Å². The molecule has 0 amide bonds. The van der Waals surface area contributed by atoms with Crippen molar-refractivity contribution in [2.75, 3.05) is 0 Å². The van der Waals surface area contributed by atoms with Gasteiger partial charge in [0, 0.05) is 31.3 Å². The third-order valence-electron chi connectivity index (χ3n) is 13.2. The molecule has 5 nitrogen and oxygen atoms in total. The van der Waals surface area contributed by atoms with Crippen molar-refractivity contribution in [1.29, 1.82) is 0 Å². The van der Waals surface area contributed by atoms with Crippen LogP contribution in [-0.4, -0.2) is 14.1 Å². The number of aromatic nitrogens is 4. The van der Waals surface area contributed by atoms with Crippen molar-refractivity contribution in [3.8, 4) is 62.1 Å². The molecule has 0 atom stereocenters. The first-order valence-electron chi connectivity index (χ1n) is 27.8. The van der Waals surface area contributed by atoms with Crippen LogP contribution in [0, 0.1) is 12.2 Å². The first-order chi connectivity index (χ1) is 37.1. The van der Waals surface area contributed by atoms with Gasteiger partial charge in [0.25, 0.3) is 6.33 Å². The van der Waals surface area contributed by atoms with Gasteiger partial charge in [0.05, 0.1) is 40.3 Å². The normalized spacial score (nSPS) is 13.7. The molecule has 0 N–H and O–H groups in total. The van der Waals surface area contributed by atoms with Gasteiger partial charge in [-0.25, -0.2) is 4.98 Å². The standard InChI is InChI=1S/C66H60N4O/c1-44(2)35-47-38-63(67-42-58(47)46-23-13-10-14-24-46)70-59-30-16-15-27-56(59)57-34-33-53(41-62(57)70)71-52-26-19-25-51(40-52)68-43-69(61-32-18-17-31-60(61)68)64-54(45-21-11-9-12-22-45)28-20-29-55(64)48-36-49(65(3,4)5)39-50(37-48)66(6,7)8/h9-34,36-42,44H,35H2,1-8H3/i9D,11D,12D,21D,22D,35D2. The summed E-state index contributed by atoms with van der Waals surface area (Å²) in [5.41, 5.74) is 11.1. The fraction of sp³-hybridized carbons (Fsp3) is 0.182. The summed E-state index contributed by atoms with van der Waals surface area (Å²) in [4.78, 5) is 5.03. The number of hydrogen-bond acceptors (Lipinski definition) is 2. The molecular weight excluding hydrogens is 865 g/mol. The van der Waals surface area contributed by atoms with Crippen LogP contribution >= 0.6 is 0 Å². The maximum Gasteiger partial charge on any atom is 0.269 e. The molecule has 0 aliphatic carbocycles. The topological polar surface area (TPSA) is 35.9 Å². The number of ether oxygens (including phenoxy) is 1. The molecule has 71 heavy (non-hydrogen) atoms. The summed E-state index contributed by atoms with van der Waals surface area (Å²) in [7, 11) is 0. The van der Waals surface area contributed by atoms with E-state index in [1.165, 1.54) is 0 Å². The Morgan fingerprint density at radius 3 is 1.97 bits per heavy atom. The minimum absolute atomic E-state index is 0.0990. The zero-order chi connectivity index (χ0) is 55.2. The molecule has 3 aromatic heterocycles. The lowest BCUT2D eigenvalue weighted by Gasteiger charge is -2.27. The van der Waals surface area contributed by atoms with E-state index < -0.39 is 24.5 Å². The largest absolute Gasteiger partial charge is 0.458 e. The molecule has 0 saturated carbocycles. The van der Waals surface area contributed by atoms with Crippen molar-refractivity contribution < 1.29 is 18.9 Å². The minimum Gasteiger partial charge on any atom is -0.458 e. The fourth-order valence-corrected chi connectivity index (χ4v) is 9.60. The van der Waals surface area contributed by atoms with E-state index in [2.05, 4.69) is 88.8 Å². The van der Waals surface area contributed by atoms with Crippen LogP contribution in [0.3, 0.4) is 0 Å². The van der Waals surface area contributed by atoms with Gasteiger partial charge in [0.15, 0.2) is 0 Å². The minimum atomic E-state index is -1.66. The lowest BCUT2D eigenvalue weighted by atomic mass is 9.78. The Kier molecular flexibility index (Phi) is 9.62. The number of hydrogen-bond donors (Lipinski definition) is 0. The first-order valence-corrected chi connectivity index (χ1v) is 24.3. The van der Waals surface area contributed by atoms with E-state index in [1.54, 1.807) is 6.20 Å². The molecule has 0 spiro atoms. The number of pyridine rings is 1. The highest BCUT2D eigenvalue weighted by Gasteiger charge is 2.25. The van der Waals surface area contributed by atoms with Gasteiger partial charge >= 0.3 is 0 Å². The van der Waals surface area contributed by atoms with Gasteiger partial charge in [0.2, 0.25) is 0 Å². The molecule has 0 saturated heterocycles. The smallest absolute Gasteiger partial charge is 0.269 e. The molecular formula is C66H60N4O. The van der Waals surface area contributed by atoms with Crippen molar-refractivity contribution in [2.24, 2.45) is 5.92 Å². The average Bonchev–Trinajstić information content (AvgIpc) is 4.12. The number of nitrogens with zero attached hydrogens (tertiary/aromatic N) is 4. The van der Waals surface area contributed by atoms with E-state index in [4.69, 9.17) is 13.8 Å². The average molecular weight is 932 g/mol. The Morgan fingerprint density at radius 2 is 1.24 bits per heavy atom. The summed E-state index contributed by atoms with van der Waals surface area (Å²) in [6.07, 6.45) is 3.82. The number of benzene rings is 8. The highest BCUT2D eigenvalue weighted by atomic mass is 16.5. The monoisotopic (exact) mass is 932 g/mol. The van der Waals surface area contributed by atoms with Crippen molar-refractivity contribution in [3.63, 3.8) is 0 Å². The molecule has 5 heteroatoms. The number of rotatable bonds is 10. The van der Waals surface area contributed by atoms with Crippen LogP contribution in [0.25, 0.3) is 83.4 Å². The van der Waals surface area contributed by atoms with E-state index >= 15 is 0 Å². The van der Waals surface area contributed by atoms with Gasteiger partial charge in [-0.3, -0.25) is 13.7 Å². The van der Waals surface area contributed by atoms with Gasteiger partial charge in [-0.15, -0.1) is 0 Å². The summed E-state index contributed by atoms with van der Waals surface area (Å²) in [6, 6.07) is 52.3. The molecule has 0 aliphatic rings. The Labute approximate surface area is 428 Å². The van der Waals surface area contributed by atoms with Crippen LogP contribution in [0.5, 0.6) is 11.5 Å². The summed E-state index contributed by atoms with van der Waals surface area (Å²) in [5, 5.41) is 2.02. The van der Waals surface area contributed by atoms with Crippen LogP contribution in [0.15, 0.2) is 200 Å². The summed E-state index contributed by atoms with van der Waals surface area (Å²) in [6.45, 7) is 17.0. The van der Waals surface area contributed by atoms with E-state index in [1.807, 2.05) is 150 Å². The third-order valence-corrected chi connectivity index (χ3v) is 13.2. The van der Waals surface area contributed by atoms with Crippen LogP contribution in [0.2, 0.25) is 0 Å². The molecule has 11 aromatic rings. The van der Waals surface area contributed by atoms with Crippen LogP contribution in [-0.2, 0) is 17.2 Å².